The van der Waals surface area contributed by atoms with Crippen LogP contribution in [0.3, 0.4) is 0 Å². The van der Waals surface area contributed by atoms with E-state index in [0.717, 1.165) is 12.0 Å². The molecule has 1 heteroatoms. The minimum Gasteiger partial charge on any atom is -0.295 e. The van der Waals surface area contributed by atoms with Gasteiger partial charge < -0.3 is 0 Å². The summed E-state index contributed by atoms with van der Waals surface area (Å²) in [5.41, 5.74) is 7.26. The van der Waals surface area contributed by atoms with Gasteiger partial charge in [-0.3, -0.25) is 4.79 Å². The fourth-order valence-electron chi connectivity index (χ4n) is 3.26. The zero-order valence-electron chi connectivity index (χ0n) is 15.9. The van der Waals surface area contributed by atoms with Crippen molar-refractivity contribution in [1.82, 2.24) is 0 Å². The largest absolute Gasteiger partial charge is 0.295 e. The lowest BCUT2D eigenvalue weighted by Gasteiger charge is -2.16. The van der Waals surface area contributed by atoms with E-state index >= 15 is 0 Å². The zero-order chi connectivity index (χ0) is 19.1. The quantitative estimate of drug-likeness (QED) is 0.358. The van der Waals surface area contributed by atoms with Crippen LogP contribution in [0.4, 0.5) is 0 Å². The van der Waals surface area contributed by atoms with Crippen molar-refractivity contribution >= 4 is 23.0 Å². The van der Waals surface area contributed by atoms with Gasteiger partial charge in [-0.05, 0) is 52.8 Å². The summed E-state index contributed by atoms with van der Waals surface area (Å²) >= 11 is 0. The van der Waals surface area contributed by atoms with E-state index in [1.165, 1.54) is 27.8 Å². The predicted octanol–water partition coefficient (Wildman–Crippen LogP) is 6.66. The molecule has 0 N–H and O–H groups in total. The van der Waals surface area contributed by atoms with E-state index in [4.69, 9.17) is 0 Å². The van der Waals surface area contributed by atoms with Crippen LogP contribution in [-0.4, -0.2) is 5.78 Å². The van der Waals surface area contributed by atoms with Gasteiger partial charge in [0.2, 0.25) is 0 Å². The standard InChI is InChI=1S/C26H24O/c1-3-25(22-10-6-4-7-11-22)26(23-12-8-5-9-13-23)24-18-16-21(17-19-24)15-14-20(2)27/h4-19H,3H2,1-2H3/b15-14+,26-25-. The molecule has 3 aromatic carbocycles. The molecule has 0 fully saturated rings. The van der Waals surface area contributed by atoms with E-state index < -0.39 is 0 Å². The number of allylic oxidation sites excluding steroid dienone is 2. The number of hydrogen-bond acceptors (Lipinski definition) is 1. The lowest BCUT2D eigenvalue weighted by molar-refractivity contribution is -0.112. The van der Waals surface area contributed by atoms with Gasteiger partial charge in [-0.2, -0.15) is 0 Å². The first-order valence-corrected chi connectivity index (χ1v) is 9.32. The van der Waals surface area contributed by atoms with Crippen LogP contribution < -0.4 is 0 Å². The molecule has 0 aliphatic rings. The van der Waals surface area contributed by atoms with E-state index in [0.29, 0.717) is 0 Å². The zero-order valence-corrected chi connectivity index (χ0v) is 15.9. The fourth-order valence-corrected chi connectivity index (χ4v) is 3.26. The molecule has 27 heavy (non-hydrogen) atoms. The van der Waals surface area contributed by atoms with Crippen LogP contribution in [-0.2, 0) is 4.79 Å². The Morgan fingerprint density at radius 1 is 0.741 bits per heavy atom. The first-order valence-electron chi connectivity index (χ1n) is 9.32. The summed E-state index contributed by atoms with van der Waals surface area (Å²) in [7, 11) is 0. The van der Waals surface area contributed by atoms with Crippen molar-refractivity contribution in [3.63, 3.8) is 0 Å². The lowest BCUT2D eigenvalue weighted by Crippen LogP contribution is -1.95. The SMILES string of the molecule is CC/C(=C(\c1ccccc1)c1ccc(/C=C/C(C)=O)cc1)c1ccccc1. The molecule has 0 aliphatic carbocycles. The Balaban J connectivity index is 2.14. The Kier molecular flexibility index (Phi) is 6.17. The molecule has 0 amide bonds. The topological polar surface area (TPSA) is 17.1 Å². The predicted molar refractivity (Wildman–Crippen MR) is 115 cm³/mol. The molecule has 3 rings (SSSR count). The third kappa shape index (κ3) is 4.71. The van der Waals surface area contributed by atoms with Crippen LogP contribution in [0.25, 0.3) is 17.2 Å². The molecule has 134 valence electrons. The number of ketones is 1. The van der Waals surface area contributed by atoms with Crippen molar-refractivity contribution < 1.29 is 4.79 Å². The molecule has 1 nitrogen and oxygen atoms in total. The lowest BCUT2D eigenvalue weighted by atomic mass is 9.88. The van der Waals surface area contributed by atoms with E-state index in [2.05, 4.69) is 85.8 Å². The molecule has 0 unspecified atom stereocenters. The van der Waals surface area contributed by atoms with Gasteiger partial charge in [0.1, 0.15) is 0 Å². The first kappa shape index (κ1) is 18.6. The molecule has 0 heterocycles. The van der Waals surface area contributed by atoms with Crippen LogP contribution in [0, 0.1) is 0 Å². The summed E-state index contributed by atoms with van der Waals surface area (Å²) in [5.74, 6) is 0.0568. The van der Waals surface area contributed by atoms with Gasteiger partial charge >= 0.3 is 0 Å². The van der Waals surface area contributed by atoms with Crippen LogP contribution in [0.15, 0.2) is 91.0 Å². The minimum atomic E-state index is 0.0568. The highest BCUT2D eigenvalue weighted by Crippen LogP contribution is 2.34. The number of carbonyl (C=O) groups excluding carboxylic acids is 1. The van der Waals surface area contributed by atoms with Crippen molar-refractivity contribution in [2.24, 2.45) is 0 Å². The van der Waals surface area contributed by atoms with Gasteiger partial charge in [-0.25, -0.2) is 0 Å². The molecular weight excluding hydrogens is 328 g/mol. The van der Waals surface area contributed by atoms with E-state index in [9.17, 15) is 4.79 Å². The molecular formula is C26H24O. The monoisotopic (exact) mass is 352 g/mol. The van der Waals surface area contributed by atoms with Crippen LogP contribution >= 0.6 is 0 Å². The smallest absolute Gasteiger partial charge is 0.152 e. The molecule has 3 aromatic rings. The molecule has 0 spiro atoms. The average molecular weight is 352 g/mol. The molecule has 0 saturated heterocycles. The van der Waals surface area contributed by atoms with E-state index in [1.54, 1.807) is 13.0 Å². The summed E-state index contributed by atoms with van der Waals surface area (Å²) in [5, 5.41) is 0. The molecule has 0 saturated carbocycles. The van der Waals surface area contributed by atoms with Crippen LogP contribution in [0.1, 0.15) is 42.5 Å². The van der Waals surface area contributed by atoms with Crippen molar-refractivity contribution in [2.75, 3.05) is 0 Å². The van der Waals surface area contributed by atoms with Crippen LogP contribution in [0.2, 0.25) is 0 Å². The van der Waals surface area contributed by atoms with Gasteiger partial charge in [-0.1, -0.05) is 97.9 Å². The molecule has 0 bridgehead atoms. The average Bonchev–Trinajstić information content (AvgIpc) is 2.72. The molecule has 0 aliphatic heterocycles. The number of rotatable bonds is 6. The third-order valence-electron chi connectivity index (χ3n) is 4.55. The van der Waals surface area contributed by atoms with Gasteiger partial charge in [0.05, 0.1) is 0 Å². The van der Waals surface area contributed by atoms with Gasteiger partial charge in [0.15, 0.2) is 5.78 Å². The fraction of sp³-hybridized carbons (Fsp3) is 0.115. The van der Waals surface area contributed by atoms with Crippen molar-refractivity contribution in [3.05, 3.63) is 113 Å². The Bertz CT molecular complexity index is 946. The maximum atomic E-state index is 11.2. The highest BCUT2D eigenvalue weighted by molar-refractivity contribution is 5.98. The number of benzene rings is 3. The summed E-state index contributed by atoms with van der Waals surface area (Å²) in [4.78, 5) is 11.2. The maximum absolute atomic E-state index is 11.2. The minimum absolute atomic E-state index is 0.0568. The van der Waals surface area contributed by atoms with Crippen molar-refractivity contribution in [1.29, 1.82) is 0 Å². The highest BCUT2D eigenvalue weighted by atomic mass is 16.1. The number of carbonyl (C=O) groups is 1. The number of hydrogen-bond donors (Lipinski definition) is 0. The van der Waals surface area contributed by atoms with Gasteiger partial charge in [-0.15, -0.1) is 0 Å². The van der Waals surface area contributed by atoms with Gasteiger partial charge in [0.25, 0.3) is 0 Å². The van der Waals surface area contributed by atoms with Crippen LogP contribution in [0.5, 0.6) is 0 Å². The molecule has 0 atom stereocenters. The maximum Gasteiger partial charge on any atom is 0.152 e. The summed E-state index contributed by atoms with van der Waals surface area (Å²) in [6, 6.07) is 29.5. The van der Waals surface area contributed by atoms with E-state index in [1.807, 2.05) is 12.1 Å². The Labute approximate surface area is 161 Å². The second-order valence-electron chi connectivity index (χ2n) is 6.51. The van der Waals surface area contributed by atoms with E-state index in [-0.39, 0.29) is 5.78 Å². The molecule has 0 aromatic heterocycles. The summed E-state index contributed by atoms with van der Waals surface area (Å²) < 4.78 is 0. The van der Waals surface area contributed by atoms with Crippen molar-refractivity contribution in [2.45, 2.75) is 20.3 Å². The molecule has 0 radical (unpaired) electrons. The third-order valence-corrected chi connectivity index (χ3v) is 4.55. The first-order chi connectivity index (χ1) is 13.2. The normalized spacial score (nSPS) is 12.1. The van der Waals surface area contributed by atoms with Crippen molar-refractivity contribution in [3.8, 4) is 0 Å². The Hall–Kier alpha value is -3.19. The second-order valence-corrected chi connectivity index (χ2v) is 6.51. The highest BCUT2D eigenvalue weighted by Gasteiger charge is 2.12. The summed E-state index contributed by atoms with van der Waals surface area (Å²) in [6.07, 6.45) is 4.40. The second kappa shape index (κ2) is 8.95. The summed E-state index contributed by atoms with van der Waals surface area (Å²) in [6.45, 7) is 3.77. The Morgan fingerprint density at radius 3 is 1.78 bits per heavy atom. The Morgan fingerprint density at radius 2 is 1.26 bits per heavy atom. The van der Waals surface area contributed by atoms with Gasteiger partial charge in [0, 0.05) is 0 Å².